The lowest BCUT2D eigenvalue weighted by Gasteiger charge is -2.43. The molecular weight excluding hydrogens is 618 g/mol. The van der Waals surface area contributed by atoms with Crippen molar-refractivity contribution < 1.29 is 26.3 Å². The molecule has 0 atom stereocenters. The highest BCUT2D eigenvalue weighted by atomic mass is 19.4. The monoisotopic (exact) mass is 650 g/mol. The normalized spacial score (nSPS) is 12.5. The Hall–Kier alpha value is -5.10. The van der Waals surface area contributed by atoms with Crippen molar-refractivity contribution in [3.63, 3.8) is 0 Å². The van der Waals surface area contributed by atoms with Crippen molar-refractivity contribution in [2.75, 3.05) is 0 Å². The Bertz CT molecular complexity index is 1710. The largest absolute Gasteiger partial charge is 0.416 e. The summed E-state index contributed by atoms with van der Waals surface area (Å²) in [5.74, 6) is 0. The predicted molar refractivity (Wildman–Crippen MR) is 178 cm³/mol. The first-order valence-electron chi connectivity index (χ1n) is 15.6. The molecule has 6 aromatic carbocycles. The van der Waals surface area contributed by atoms with Gasteiger partial charge in [0.1, 0.15) is 0 Å². The van der Waals surface area contributed by atoms with E-state index >= 15 is 0 Å². The third-order valence-electron chi connectivity index (χ3n) is 9.33. The minimum Gasteiger partial charge on any atom is -0.166 e. The van der Waals surface area contributed by atoms with Gasteiger partial charge in [-0.05, 0) is 58.4 Å². The zero-order valence-electron chi connectivity index (χ0n) is 25.8. The molecular formula is C42H32F6. The van der Waals surface area contributed by atoms with Crippen LogP contribution in [0, 0.1) is 0 Å². The summed E-state index contributed by atoms with van der Waals surface area (Å²) >= 11 is 0. The average Bonchev–Trinajstić information content (AvgIpc) is 3.11. The van der Waals surface area contributed by atoms with E-state index in [-0.39, 0.29) is 24.0 Å². The molecule has 0 aliphatic heterocycles. The molecule has 0 fully saturated rings. The predicted octanol–water partition coefficient (Wildman–Crippen LogP) is 11.9. The molecule has 48 heavy (non-hydrogen) atoms. The van der Waals surface area contributed by atoms with Gasteiger partial charge in [0.05, 0.1) is 11.1 Å². The van der Waals surface area contributed by atoms with Gasteiger partial charge in [-0.25, -0.2) is 0 Å². The molecule has 0 spiro atoms. The second kappa shape index (κ2) is 13.2. The molecule has 0 bridgehead atoms. The smallest absolute Gasteiger partial charge is 0.166 e. The van der Waals surface area contributed by atoms with Gasteiger partial charge in [0.2, 0.25) is 0 Å². The third kappa shape index (κ3) is 6.03. The van der Waals surface area contributed by atoms with Gasteiger partial charge in [-0.1, -0.05) is 158 Å². The summed E-state index contributed by atoms with van der Waals surface area (Å²) < 4.78 is 89.6. The summed E-state index contributed by atoms with van der Waals surface area (Å²) in [7, 11) is 0. The van der Waals surface area contributed by atoms with Crippen molar-refractivity contribution >= 4 is 0 Å². The van der Waals surface area contributed by atoms with Crippen molar-refractivity contribution in [1.29, 1.82) is 0 Å². The Morgan fingerprint density at radius 3 is 0.708 bits per heavy atom. The number of alkyl halides is 6. The number of rotatable bonds is 9. The van der Waals surface area contributed by atoms with Crippen LogP contribution in [0.3, 0.4) is 0 Å². The van der Waals surface area contributed by atoms with Crippen molar-refractivity contribution in [1.82, 2.24) is 0 Å². The molecule has 242 valence electrons. The van der Waals surface area contributed by atoms with Crippen molar-refractivity contribution in [2.45, 2.75) is 36.0 Å². The zero-order valence-corrected chi connectivity index (χ0v) is 25.8. The number of benzene rings is 6. The van der Waals surface area contributed by atoms with Crippen LogP contribution in [-0.2, 0) is 23.2 Å². The van der Waals surface area contributed by atoms with Gasteiger partial charge < -0.3 is 0 Å². The Labute approximate surface area is 276 Å². The first-order chi connectivity index (χ1) is 23.1. The van der Waals surface area contributed by atoms with E-state index in [2.05, 4.69) is 0 Å². The van der Waals surface area contributed by atoms with Gasteiger partial charge in [-0.15, -0.1) is 0 Å². The Balaban J connectivity index is 1.72. The molecule has 0 saturated carbocycles. The van der Waals surface area contributed by atoms with Crippen LogP contribution in [0.5, 0.6) is 0 Å². The molecule has 0 amide bonds. The van der Waals surface area contributed by atoms with E-state index in [1.807, 2.05) is 0 Å². The Morgan fingerprint density at radius 2 is 0.479 bits per heavy atom. The van der Waals surface area contributed by atoms with Gasteiger partial charge in [0, 0.05) is 10.8 Å². The van der Waals surface area contributed by atoms with E-state index in [1.165, 1.54) is 24.3 Å². The first kappa shape index (κ1) is 32.8. The molecule has 6 heteroatoms. The van der Waals surface area contributed by atoms with Crippen LogP contribution in [0.4, 0.5) is 26.3 Å². The number of hydrogen-bond acceptors (Lipinski definition) is 0. The number of hydrogen-bond donors (Lipinski definition) is 0. The molecule has 0 aliphatic rings. The molecule has 0 aliphatic carbocycles. The molecule has 0 aromatic heterocycles. The fourth-order valence-electron chi connectivity index (χ4n) is 7.27. The molecule has 0 N–H and O–H groups in total. The quantitative estimate of drug-likeness (QED) is 0.108. The van der Waals surface area contributed by atoms with Gasteiger partial charge in [0.15, 0.2) is 0 Å². The Morgan fingerprint density at radius 1 is 0.271 bits per heavy atom. The maximum Gasteiger partial charge on any atom is 0.416 e. The van der Waals surface area contributed by atoms with Crippen molar-refractivity contribution in [3.8, 4) is 0 Å². The van der Waals surface area contributed by atoms with Crippen LogP contribution < -0.4 is 0 Å². The van der Waals surface area contributed by atoms with Crippen molar-refractivity contribution in [3.05, 3.63) is 214 Å². The highest BCUT2D eigenvalue weighted by Gasteiger charge is 2.48. The highest BCUT2D eigenvalue weighted by Crippen LogP contribution is 2.53. The van der Waals surface area contributed by atoms with Crippen LogP contribution in [-0.4, -0.2) is 0 Å². The summed E-state index contributed by atoms with van der Waals surface area (Å²) in [5, 5.41) is 0. The van der Waals surface area contributed by atoms with E-state index in [9.17, 15) is 26.3 Å². The van der Waals surface area contributed by atoms with E-state index in [0.29, 0.717) is 22.3 Å². The van der Waals surface area contributed by atoms with Gasteiger partial charge >= 0.3 is 12.4 Å². The van der Waals surface area contributed by atoms with E-state index < -0.39 is 34.3 Å². The lowest BCUT2D eigenvalue weighted by Crippen LogP contribution is -2.38. The second-order valence-corrected chi connectivity index (χ2v) is 11.9. The van der Waals surface area contributed by atoms with Crippen LogP contribution in [0.1, 0.15) is 57.3 Å². The molecule has 0 saturated heterocycles. The summed E-state index contributed by atoms with van der Waals surface area (Å²) in [6, 6.07) is 46.9. The molecule has 6 rings (SSSR count). The molecule has 0 heterocycles. The van der Waals surface area contributed by atoms with Crippen molar-refractivity contribution in [2.24, 2.45) is 0 Å². The van der Waals surface area contributed by atoms with Gasteiger partial charge in [0.25, 0.3) is 0 Å². The van der Waals surface area contributed by atoms with Crippen LogP contribution >= 0.6 is 0 Å². The van der Waals surface area contributed by atoms with Gasteiger partial charge in [-0.2, -0.15) is 26.3 Å². The van der Waals surface area contributed by atoms with Crippen LogP contribution in [0.15, 0.2) is 170 Å². The Kier molecular flexibility index (Phi) is 9.02. The van der Waals surface area contributed by atoms with E-state index in [0.717, 1.165) is 12.1 Å². The summed E-state index contributed by atoms with van der Waals surface area (Å²) in [4.78, 5) is 0. The van der Waals surface area contributed by atoms with Crippen LogP contribution in [0.25, 0.3) is 0 Å². The first-order valence-corrected chi connectivity index (χ1v) is 15.6. The minimum atomic E-state index is -4.69. The summed E-state index contributed by atoms with van der Waals surface area (Å²) in [6.45, 7) is 0. The SMILES string of the molecule is FC(F)(F)c1ccccc1C(CCC(c1ccccc1)(c1ccccc1)c1ccccc1C(F)(F)F)(c1ccccc1)c1ccccc1. The molecule has 0 unspecified atom stereocenters. The fourth-order valence-corrected chi connectivity index (χ4v) is 7.27. The average molecular weight is 651 g/mol. The summed E-state index contributed by atoms with van der Waals surface area (Å²) in [5.41, 5.74) is -1.91. The van der Waals surface area contributed by atoms with E-state index in [4.69, 9.17) is 0 Å². The zero-order chi connectivity index (χ0) is 33.8. The lowest BCUT2D eigenvalue weighted by molar-refractivity contribution is -0.139. The van der Waals surface area contributed by atoms with E-state index in [1.54, 1.807) is 133 Å². The van der Waals surface area contributed by atoms with Crippen LogP contribution in [0.2, 0.25) is 0 Å². The standard InChI is InChI=1S/C42H32F6/c43-41(44,45)37-27-15-13-25-35(37)39(31-17-5-1-6-18-31,32-19-7-2-8-20-32)29-30-40(33-21-9-3-10-22-33,34-23-11-4-12-24-34)36-26-14-16-28-38(36)42(46,47)48/h1-28H,29-30H2. The maximum atomic E-state index is 14.9. The molecule has 6 aromatic rings. The topological polar surface area (TPSA) is 0 Å². The second-order valence-electron chi connectivity index (χ2n) is 11.9. The number of halogens is 6. The third-order valence-corrected chi connectivity index (χ3v) is 9.33. The maximum absolute atomic E-state index is 14.9. The lowest BCUT2D eigenvalue weighted by atomic mass is 9.59. The van der Waals surface area contributed by atoms with Gasteiger partial charge in [-0.3, -0.25) is 0 Å². The summed E-state index contributed by atoms with van der Waals surface area (Å²) in [6.07, 6.45) is -9.32. The fraction of sp³-hybridized carbons (Fsp3) is 0.143. The molecule has 0 radical (unpaired) electrons. The highest BCUT2D eigenvalue weighted by molar-refractivity contribution is 5.57. The molecule has 0 nitrogen and oxygen atoms in total. The minimum absolute atomic E-state index is 0.0318.